The summed E-state index contributed by atoms with van der Waals surface area (Å²) in [5.74, 6) is 1.03. The second kappa shape index (κ2) is 8.86. The van der Waals surface area contributed by atoms with E-state index in [1.165, 1.54) is 4.88 Å². The van der Waals surface area contributed by atoms with Gasteiger partial charge in [0.2, 0.25) is 0 Å². The Morgan fingerprint density at radius 3 is 2.69 bits per heavy atom. The molecule has 0 aliphatic heterocycles. The number of hydrogen-bond acceptors (Lipinski definition) is 6. The summed E-state index contributed by atoms with van der Waals surface area (Å²) in [5.41, 5.74) is 2.98. The first-order valence-corrected chi connectivity index (χ1v) is 12.0. The molecule has 0 saturated heterocycles. The molecule has 3 atom stereocenters. The lowest BCUT2D eigenvalue weighted by Gasteiger charge is -2.28. The number of halogens is 1. The number of nitrogens with zero attached hydrogens (tertiary/aromatic N) is 1. The molecule has 1 unspecified atom stereocenters. The van der Waals surface area contributed by atoms with Crippen molar-refractivity contribution in [3.63, 3.8) is 0 Å². The van der Waals surface area contributed by atoms with E-state index < -0.39 is 11.4 Å². The molecule has 8 heteroatoms. The van der Waals surface area contributed by atoms with E-state index in [9.17, 15) is 4.55 Å². The molecular weight excluding hydrogens is 426 g/mol. The molecule has 0 aliphatic rings. The molecular formula is C21H28ClN3O2S2. The Kier molecular flexibility index (Phi) is 6.85. The van der Waals surface area contributed by atoms with Gasteiger partial charge in [0.15, 0.2) is 0 Å². The summed E-state index contributed by atoms with van der Waals surface area (Å²) in [6.45, 7) is 12.8. The average Bonchev–Trinajstić information content (AvgIpc) is 3.27. The normalized spacial score (nSPS) is 15.4. The fraction of sp³-hybridized carbons (Fsp3) is 0.476. The zero-order valence-electron chi connectivity index (χ0n) is 17.6. The highest BCUT2D eigenvalue weighted by Gasteiger charge is 2.31. The van der Waals surface area contributed by atoms with Crippen LogP contribution in [0.3, 0.4) is 0 Å². The first-order valence-electron chi connectivity index (χ1n) is 9.61. The Labute approximate surface area is 184 Å². The quantitative estimate of drug-likeness (QED) is 0.338. The highest BCUT2D eigenvalue weighted by Crippen LogP contribution is 2.40. The zero-order valence-corrected chi connectivity index (χ0v) is 20.0. The maximum absolute atomic E-state index is 12.5. The molecule has 0 spiro atoms. The number of anilines is 1. The number of hydrogen-bond donors (Lipinski definition) is 2. The minimum absolute atomic E-state index is 0.0526. The van der Waals surface area contributed by atoms with Gasteiger partial charge in [-0.3, -0.25) is 0 Å². The van der Waals surface area contributed by atoms with E-state index in [0.717, 1.165) is 27.2 Å². The lowest BCUT2D eigenvalue weighted by atomic mass is 9.99. The number of fused-ring (bicyclic) bond motifs is 1. The maximum Gasteiger partial charge on any atom is 0.136 e. The molecule has 3 heterocycles. The standard InChI is InChI=1S/C21H28ClN3O2S2/c1-12(14(3)25-29(26)21(4,5)6)19-13(2)18-20(28-19)16(10-17(22)24-18)23-11-15-8-7-9-27-15/h7-10,12,14,25H,11H2,1-6H3,(H,23,24)/t12-,14+,29?/m1/s1. The monoisotopic (exact) mass is 453 g/mol. The van der Waals surface area contributed by atoms with Crippen molar-refractivity contribution in [2.45, 2.75) is 64.8 Å². The van der Waals surface area contributed by atoms with Gasteiger partial charge in [0.25, 0.3) is 0 Å². The van der Waals surface area contributed by atoms with E-state index in [1.807, 2.05) is 39.0 Å². The molecule has 0 amide bonds. The van der Waals surface area contributed by atoms with Crippen molar-refractivity contribution in [2.75, 3.05) is 5.32 Å². The van der Waals surface area contributed by atoms with Crippen LogP contribution in [0.25, 0.3) is 10.2 Å². The van der Waals surface area contributed by atoms with Crippen molar-refractivity contribution in [3.05, 3.63) is 45.8 Å². The number of nitrogens with one attached hydrogen (secondary N) is 2. The largest absolute Gasteiger partial charge is 0.598 e. The van der Waals surface area contributed by atoms with Gasteiger partial charge < -0.3 is 14.3 Å². The Hall–Kier alpha value is -1.25. The van der Waals surface area contributed by atoms with Crippen LogP contribution in [0.2, 0.25) is 5.15 Å². The van der Waals surface area contributed by atoms with Crippen molar-refractivity contribution in [3.8, 4) is 0 Å². The molecule has 3 rings (SSSR count). The lowest BCUT2D eigenvalue weighted by molar-refractivity contribution is 0.504. The van der Waals surface area contributed by atoms with Gasteiger partial charge >= 0.3 is 0 Å². The number of furan rings is 1. The minimum Gasteiger partial charge on any atom is -0.598 e. The molecule has 0 radical (unpaired) electrons. The molecule has 3 aromatic rings. The van der Waals surface area contributed by atoms with Gasteiger partial charge in [-0.1, -0.05) is 18.5 Å². The third kappa shape index (κ3) is 5.09. The fourth-order valence-electron chi connectivity index (χ4n) is 3.00. The third-order valence-electron chi connectivity index (χ3n) is 4.92. The Morgan fingerprint density at radius 1 is 1.34 bits per heavy atom. The third-order valence-corrected chi connectivity index (χ3v) is 8.33. The summed E-state index contributed by atoms with van der Waals surface area (Å²) in [6.07, 6.45) is 1.66. The van der Waals surface area contributed by atoms with Crippen LogP contribution in [0.1, 0.15) is 56.7 Å². The van der Waals surface area contributed by atoms with E-state index in [0.29, 0.717) is 11.7 Å². The molecule has 29 heavy (non-hydrogen) atoms. The molecule has 0 fully saturated rings. The minimum atomic E-state index is -1.12. The second-order valence-electron chi connectivity index (χ2n) is 8.27. The topological polar surface area (TPSA) is 73.2 Å². The first kappa shape index (κ1) is 22.4. The highest BCUT2D eigenvalue weighted by molar-refractivity contribution is 7.90. The van der Waals surface area contributed by atoms with Crippen LogP contribution in [0, 0.1) is 6.92 Å². The summed E-state index contributed by atoms with van der Waals surface area (Å²) >= 11 is 6.90. The van der Waals surface area contributed by atoms with Crippen LogP contribution in [0.15, 0.2) is 28.9 Å². The Bertz CT molecular complexity index is 967. The molecule has 0 aromatic carbocycles. The van der Waals surface area contributed by atoms with Gasteiger partial charge in [-0.2, -0.15) is 0 Å². The van der Waals surface area contributed by atoms with Crippen molar-refractivity contribution in [1.82, 2.24) is 9.71 Å². The van der Waals surface area contributed by atoms with Gasteiger partial charge in [-0.25, -0.2) is 4.98 Å². The van der Waals surface area contributed by atoms with Crippen molar-refractivity contribution < 1.29 is 8.97 Å². The summed E-state index contributed by atoms with van der Waals surface area (Å²) in [5, 5.41) is 3.88. The summed E-state index contributed by atoms with van der Waals surface area (Å²) < 4.78 is 22.0. The predicted molar refractivity (Wildman–Crippen MR) is 124 cm³/mol. The molecule has 3 aromatic heterocycles. The molecule has 2 N–H and O–H groups in total. The molecule has 5 nitrogen and oxygen atoms in total. The van der Waals surface area contributed by atoms with E-state index in [1.54, 1.807) is 17.6 Å². The van der Waals surface area contributed by atoms with Gasteiger partial charge in [-0.05, 0) is 52.3 Å². The number of thiophene rings is 1. The van der Waals surface area contributed by atoms with Crippen LogP contribution < -0.4 is 10.0 Å². The van der Waals surface area contributed by atoms with Crippen LogP contribution in [0.5, 0.6) is 0 Å². The van der Waals surface area contributed by atoms with E-state index in [2.05, 4.69) is 35.8 Å². The van der Waals surface area contributed by atoms with Gasteiger partial charge in [0.05, 0.1) is 34.8 Å². The molecule has 0 bridgehead atoms. The summed E-state index contributed by atoms with van der Waals surface area (Å²) in [7, 11) is 0. The fourth-order valence-corrected chi connectivity index (χ4v) is 5.48. The predicted octanol–water partition coefficient (Wildman–Crippen LogP) is 6.01. The SMILES string of the molecule is Cc1c([C@H](C)[C@H](C)N[S+]([O-])C(C)(C)C)sc2c(NCc3ccco3)cc(Cl)nc12. The number of rotatable bonds is 7. The number of pyridine rings is 1. The zero-order chi connectivity index (χ0) is 21.3. The van der Waals surface area contributed by atoms with E-state index in [4.69, 9.17) is 16.0 Å². The van der Waals surface area contributed by atoms with E-state index >= 15 is 0 Å². The number of aryl methyl sites for hydroxylation is 1. The van der Waals surface area contributed by atoms with Gasteiger partial charge in [0.1, 0.15) is 15.7 Å². The van der Waals surface area contributed by atoms with Crippen molar-refractivity contribution >= 4 is 50.2 Å². The van der Waals surface area contributed by atoms with E-state index in [-0.39, 0.29) is 16.7 Å². The average molecular weight is 454 g/mol. The van der Waals surface area contributed by atoms with Crippen molar-refractivity contribution in [2.24, 2.45) is 0 Å². The Morgan fingerprint density at radius 2 is 2.07 bits per heavy atom. The van der Waals surface area contributed by atoms with Crippen LogP contribution >= 0.6 is 22.9 Å². The van der Waals surface area contributed by atoms with Crippen LogP contribution in [0.4, 0.5) is 5.69 Å². The molecule has 0 saturated carbocycles. The molecule has 0 aliphatic carbocycles. The molecule has 158 valence electrons. The van der Waals surface area contributed by atoms with Gasteiger partial charge in [0, 0.05) is 28.2 Å². The maximum atomic E-state index is 12.5. The highest BCUT2D eigenvalue weighted by atomic mass is 35.5. The lowest BCUT2D eigenvalue weighted by Crippen LogP contribution is -2.45. The number of aromatic nitrogens is 1. The summed E-state index contributed by atoms with van der Waals surface area (Å²) in [6, 6.07) is 5.71. The first-order chi connectivity index (χ1) is 13.6. The van der Waals surface area contributed by atoms with Crippen LogP contribution in [-0.4, -0.2) is 20.3 Å². The second-order valence-corrected chi connectivity index (χ2v) is 11.7. The summed E-state index contributed by atoms with van der Waals surface area (Å²) in [4.78, 5) is 5.80. The van der Waals surface area contributed by atoms with Gasteiger partial charge in [-0.15, -0.1) is 16.1 Å². The smallest absolute Gasteiger partial charge is 0.136 e. The Balaban J connectivity index is 1.89. The van der Waals surface area contributed by atoms with Crippen molar-refractivity contribution in [1.29, 1.82) is 0 Å². The van der Waals surface area contributed by atoms with Crippen LogP contribution in [-0.2, 0) is 17.9 Å².